The Morgan fingerprint density at radius 3 is 2.62 bits per heavy atom. The SMILES string of the molecule is C#CCC(c1ccco1)[Si](C)(C)C. The molecule has 1 aromatic rings. The highest BCUT2D eigenvalue weighted by Gasteiger charge is 2.29. The predicted molar refractivity (Wildman–Crippen MR) is 58.2 cm³/mol. The zero-order valence-corrected chi connectivity index (χ0v) is 9.50. The smallest absolute Gasteiger partial charge is 0.105 e. The number of terminal acetylenes is 1. The van der Waals surface area contributed by atoms with Crippen molar-refractivity contribution in [3.63, 3.8) is 0 Å². The van der Waals surface area contributed by atoms with E-state index in [1.807, 2.05) is 12.1 Å². The lowest BCUT2D eigenvalue weighted by Gasteiger charge is -2.25. The topological polar surface area (TPSA) is 13.1 Å². The van der Waals surface area contributed by atoms with Crippen LogP contribution in [0.3, 0.4) is 0 Å². The maximum atomic E-state index is 5.41. The minimum atomic E-state index is -1.25. The standard InChI is InChI=1S/C11H16OSi/c1-5-7-11(13(2,3)4)10-8-6-9-12-10/h1,6,8-9,11H,7H2,2-4H3. The van der Waals surface area contributed by atoms with Crippen LogP contribution in [0.2, 0.25) is 19.6 Å². The Balaban J connectivity index is 2.88. The molecule has 1 rings (SSSR count). The third-order valence-electron chi connectivity index (χ3n) is 2.25. The minimum absolute atomic E-state index is 0.451. The summed E-state index contributed by atoms with van der Waals surface area (Å²) < 4.78 is 5.41. The summed E-state index contributed by atoms with van der Waals surface area (Å²) in [6.07, 6.45) is 7.88. The van der Waals surface area contributed by atoms with E-state index in [0.29, 0.717) is 5.54 Å². The Labute approximate surface area is 81.2 Å². The van der Waals surface area contributed by atoms with Crippen LogP contribution < -0.4 is 0 Å². The van der Waals surface area contributed by atoms with Crippen LogP contribution in [0.1, 0.15) is 17.7 Å². The van der Waals surface area contributed by atoms with Gasteiger partial charge in [-0.05, 0) is 12.1 Å². The quantitative estimate of drug-likeness (QED) is 0.529. The molecule has 0 aliphatic carbocycles. The van der Waals surface area contributed by atoms with Crippen LogP contribution in [0, 0.1) is 12.3 Å². The largest absolute Gasteiger partial charge is 0.469 e. The van der Waals surface area contributed by atoms with Gasteiger partial charge in [-0.25, -0.2) is 0 Å². The van der Waals surface area contributed by atoms with Crippen molar-refractivity contribution in [3.8, 4) is 12.3 Å². The first kappa shape index (κ1) is 10.1. The van der Waals surface area contributed by atoms with Gasteiger partial charge in [0.05, 0.1) is 14.3 Å². The van der Waals surface area contributed by atoms with Crippen LogP contribution in [0.4, 0.5) is 0 Å². The van der Waals surface area contributed by atoms with Crippen molar-refractivity contribution < 1.29 is 4.42 Å². The van der Waals surface area contributed by atoms with E-state index in [0.717, 1.165) is 12.2 Å². The molecule has 1 atom stereocenters. The number of hydrogen-bond acceptors (Lipinski definition) is 1. The molecular formula is C11H16OSi. The lowest BCUT2D eigenvalue weighted by molar-refractivity contribution is 0.500. The molecule has 0 aliphatic heterocycles. The molecule has 0 saturated heterocycles. The number of hydrogen-bond donors (Lipinski definition) is 0. The van der Waals surface area contributed by atoms with E-state index in [-0.39, 0.29) is 0 Å². The molecule has 13 heavy (non-hydrogen) atoms. The highest BCUT2D eigenvalue weighted by molar-refractivity contribution is 6.77. The van der Waals surface area contributed by atoms with Crippen LogP contribution in [0.5, 0.6) is 0 Å². The Kier molecular flexibility index (Phi) is 3.00. The van der Waals surface area contributed by atoms with Gasteiger partial charge in [-0.1, -0.05) is 19.6 Å². The van der Waals surface area contributed by atoms with Gasteiger partial charge >= 0.3 is 0 Å². The van der Waals surface area contributed by atoms with Crippen molar-refractivity contribution in [3.05, 3.63) is 24.2 Å². The van der Waals surface area contributed by atoms with E-state index in [1.165, 1.54) is 0 Å². The Morgan fingerprint density at radius 1 is 1.54 bits per heavy atom. The van der Waals surface area contributed by atoms with E-state index in [9.17, 15) is 0 Å². The van der Waals surface area contributed by atoms with Gasteiger partial charge in [-0.15, -0.1) is 12.3 Å². The van der Waals surface area contributed by atoms with Gasteiger partial charge in [0, 0.05) is 12.0 Å². The third kappa shape index (κ3) is 2.50. The van der Waals surface area contributed by atoms with E-state index in [4.69, 9.17) is 10.8 Å². The van der Waals surface area contributed by atoms with Gasteiger partial charge in [0.15, 0.2) is 0 Å². The van der Waals surface area contributed by atoms with Gasteiger partial charge < -0.3 is 4.42 Å². The van der Waals surface area contributed by atoms with Crippen molar-refractivity contribution in [1.82, 2.24) is 0 Å². The molecule has 1 aromatic heterocycles. The van der Waals surface area contributed by atoms with Crippen molar-refractivity contribution in [1.29, 1.82) is 0 Å². The van der Waals surface area contributed by atoms with Crippen LogP contribution in [-0.4, -0.2) is 8.07 Å². The minimum Gasteiger partial charge on any atom is -0.469 e. The molecule has 0 saturated carbocycles. The molecule has 0 N–H and O–H groups in total. The summed E-state index contributed by atoms with van der Waals surface area (Å²) in [5.41, 5.74) is 0.451. The second-order valence-corrected chi connectivity index (χ2v) is 9.77. The molecule has 0 amide bonds. The van der Waals surface area contributed by atoms with Crippen LogP contribution >= 0.6 is 0 Å². The van der Waals surface area contributed by atoms with E-state index >= 15 is 0 Å². The predicted octanol–water partition coefficient (Wildman–Crippen LogP) is 3.26. The van der Waals surface area contributed by atoms with Crippen molar-refractivity contribution in [2.24, 2.45) is 0 Å². The maximum Gasteiger partial charge on any atom is 0.105 e. The number of rotatable bonds is 3. The first-order valence-electron chi connectivity index (χ1n) is 4.52. The highest BCUT2D eigenvalue weighted by Crippen LogP contribution is 2.29. The summed E-state index contributed by atoms with van der Waals surface area (Å²) in [5.74, 6) is 3.79. The molecule has 1 nitrogen and oxygen atoms in total. The number of furan rings is 1. The molecule has 70 valence electrons. The van der Waals surface area contributed by atoms with Gasteiger partial charge in [-0.2, -0.15) is 0 Å². The van der Waals surface area contributed by atoms with Crippen LogP contribution in [0.15, 0.2) is 22.8 Å². The summed E-state index contributed by atoms with van der Waals surface area (Å²) in [6, 6.07) is 3.96. The molecule has 2 heteroatoms. The maximum absolute atomic E-state index is 5.41. The summed E-state index contributed by atoms with van der Waals surface area (Å²) in [4.78, 5) is 0. The van der Waals surface area contributed by atoms with Crippen molar-refractivity contribution in [2.45, 2.75) is 31.6 Å². The van der Waals surface area contributed by atoms with E-state index in [2.05, 4.69) is 25.6 Å². The third-order valence-corrected chi connectivity index (χ3v) is 4.83. The lowest BCUT2D eigenvalue weighted by Crippen LogP contribution is -2.30. The molecule has 0 aliphatic rings. The van der Waals surface area contributed by atoms with Gasteiger partial charge in [0.2, 0.25) is 0 Å². The fourth-order valence-corrected chi connectivity index (χ4v) is 3.19. The first-order valence-corrected chi connectivity index (χ1v) is 8.10. The summed E-state index contributed by atoms with van der Waals surface area (Å²) in [7, 11) is -1.25. The fraction of sp³-hybridized carbons (Fsp3) is 0.455. The Bertz CT molecular complexity index is 287. The van der Waals surface area contributed by atoms with E-state index in [1.54, 1.807) is 6.26 Å². The molecule has 0 radical (unpaired) electrons. The fourth-order valence-electron chi connectivity index (χ4n) is 1.44. The zero-order chi connectivity index (χ0) is 9.90. The molecule has 0 bridgehead atoms. The summed E-state index contributed by atoms with van der Waals surface area (Å²) in [5, 5.41) is 0. The summed E-state index contributed by atoms with van der Waals surface area (Å²) >= 11 is 0. The Hall–Kier alpha value is -0.943. The zero-order valence-electron chi connectivity index (χ0n) is 8.50. The molecule has 0 fully saturated rings. The monoisotopic (exact) mass is 192 g/mol. The van der Waals surface area contributed by atoms with Gasteiger partial charge in [-0.3, -0.25) is 0 Å². The van der Waals surface area contributed by atoms with Crippen molar-refractivity contribution >= 4 is 8.07 Å². The molecule has 1 heterocycles. The Morgan fingerprint density at radius 2 is 2.23 bits per heavy atom. The van der Waals surface area contributed by atoms with E-state index < -0.39 is 8.07 Å². The molecule has 0 spiro atoms. The molecule has 1 unspecified atom stereocenters. The average molecular weight is 192 g/mol. The lowest BCUT2D eigenvalue weighted by atomic mass is 10.2. The average Bonchev–Trinajstić information content (AvgIpc) is 2.49. The second kappa shape index (κ2) is 3.84. The molecular weight excluding hydrogens is 176 g/mol. The van der Waals surface area contributed by atoms with Gasteiger partial charge in [0.1, 0.15) is 5.76 Å². The second-order valence-electron chi connectivity index (χ2n) is 4.34. The summed E-state index contributed by atoms with van der Waals surface area (Å²) in [6.45, 7) is 6.95. The van der Waals surface area contributed by atoms with Crippen LogP contribution in [0.25, 0.3) is 0 Å². The van der Waals surface area contributed by atoms with Crippen LogP contribution in [-0.2, 0) is 0 Å². The van der Waals surface area contributed by atoms with Gasteiger partial charge in [0.25, 0.3) is 0 Å². The highest BCUT2D eigenvalue weighted by atomic mass is 28.3. The normalized spacial score (nSPS) is 13.7. The van der Waals surface area contributed by atoms with Crippen molar-refractivity contribution in [2.75, 3.05) is 0 Å². The first-order chi connectivity index (χ1) is 6.05. The molecule has 0 aromatic carbocycles.